The summed E-state index contributed by atoms with van der Waals surface area (Å²) in [5.74, 6) is 1.35. The van der Waals surface area contributed by atoms with Crippen molar-refractivity contribution in [2.75, 3.05) is 18.9 Å². The van der Waals surface area contributed by atoms with Gasteiger partial charge in [0, 0.05) is 17.2 Å². The first-order valence-electron chi connectivity index (χ1n) is 6.58. The number of hydrogen-bond acceptors (Lipinski definition) is 3. The molecule has 0 radical (unpaired) electrons. The lowest BCUT2D eigenvalue weighted by Gasteiger charge is -2.10. The molecule has 0 amide bonds. The van der Waals surface area contributed by atoms with Crippen molar-refractivity contribution < 1.29 is 13.9 Å². The minimum atomic E-state index is -0.340. The van der Waals surface area contributed by atoms with Crippen LogP contribution < -0.4 is 15.2 Å². The SMILES string of the molecule is CC1COc2ccc(-c3ccc(N)cc3F)cc2OC1. The fourth-order valence-corrected chi connectivity index (χ4v) is 2.19. The largest absolute Gasteiger partial charge is 0.489 e. The Morgan fingerprint density at radius 1 is 1.05 bits per heavy atom. The van der Waals surface area contributed by atoms with Crippen LogP contribution >= 0.6 is 0 Å². The van der Waals surface area contributed by atoms with E-state index in [4.69, 9.17) is 15.2 Å². The molecule has 2 aromatic carbocycles. The molecule has 0 bridgehead atoms. The first-order chi connectivity index (χ1) is 9.63. The van der Waals surface area contributed by atoms with Crippen molar-refractivity contribution in [1.82, 2.24) is 0 Å². The Balaban J connectivity index is 2.00. The third-order valence-electron chi connectivity index (χ3n) is 3.29. The van der Waals surface area contributed by atoms with Gasteiger partial charge in [-0.25, -0.2) is 4.39 Å². The molecule has 1 heterocycles. The Kier molecular flexibility index (Phi) is 3.22. The molecule has 2 N–H and O–H groups in total. The lowest BCUT2D eigenvalue weighted by atomic mass is 10.0. The van der Waals surface area contributed by atoms with Crippen molar-refractivity contribution in [2.24, 2.45) is 5.92 Å². The van der Waals surface area contributed by atoms with Gasteiger partial charge in [-0.3, -0.25) is 0 Å². The highest BCUT2D eigenvalue weighted by Gasteiger charge is 2.16. The molecular weight excluding hydrogens is 257 g/mol. The summed E-state index contributed by atoms with van der Waals surface area (Å²) in [7, 11) is 0. The molecule has 20 heavy (non-hydrogen) atoms. The smallest absolute Gasteiger partial charge is 0.161 e. The van der Waals surface area contributed by atoms with E-state index in [0.29, 0.717) is 41.9 Å². The van der Waals surface area contributed by atoms with Crippen LogP contribution in [-0.4, -0.2) is 13.2 Å². The maximum Gasteiger partial charge on any atom is 0.161 e. The molecule has 1 atom stereocenters. The molecule has 1 unspecified atom stereocenters. The second kappa shape index (κ2) is 5.04. The maximum atomic E-state index is 14.0. The summed E-state index contributed by atoms with van der Waals surface area (Å²) in [5, 5.41) is 0. The molecule has 104 valence electrons. The van der Waals surface area contributed by atoms with Crippen molar-refractivity contribution in [2.45, 2.75) is 6.92 Å². The van der Waals surface area contributed by atoms with E-state index in [-0.39, 0.29) is 5.82 Å². The van der Waals surface area contributed by atoms with E-state index in [9.17, 15) is 4.39 Å². The highest BCUT2D eigenvalue weighted by molar-refractivity contribution is 5.69. The first kappa shape index (κ1) is 12.8. The Labute approximate surface area is 117 Å². The van der Waals surface area contributed by atoms with Gasteiger partial charge in [0.1, 0.15) is 5.82 Å². The number of nitrogen functional groups attached to an aromatic ring is 1. The molecule has 0 aliphatic carbocycles. The number of benzene rings is 2. The van der Waals surface area contributed by atoms with Gasteiger partial charge in [0.15, 0.2) is 11.5 Å². The van der Waals surface area contributed by atoms with Crippen molar-refractivity contribution >= 4 is 5.69 Å². The lowest BCUT2D eigenvalue weighted by molar-refractivity contribution is 0.228. The van der Waals surface area contributed by atoms with Crippen molar-refractivity contribution in [3.05, 3.63) is 42.2 Å². The van der Waals surface area contributed by atoms with Gasteiger partial charge in [0.2, 0.25) is 0 Å². The normalized spacial score (nSPS) is 17.6. The van der Waals surface area contributed by atoms with Crippen LogP contribution in [0.25, 0.3) is 11.1 Å². The van der Waals surface area contributed by atoms with Crippen molar-refractivity contribution in [3.8, 4) is 22.6 Å². The van der Waals surface area contributed by atoms with E-state index in [0.717, 1.165) is 5.56 Å². The maximum absolute atomic E-state index is 14.0. The topological polar surface area (TPSA) is 44.5 Å². The number of hydrogen-bond donors (Lipinski definition) is 1. The highest BCUT2D eigenvalue weighted by atomic mass is 19.1. The zero-order valence-corrected chi connectivity index (χ0v) is 11.2. The van der Waals surface area contributed by atoms with Gasteiger partial charge in [-0.05, 0) is 35.9 Å². The zero-order chi connectivity index (χ0) is 14.1. The summed E-state index contributed by atoms with van der Waals surface area (Å²) < 4.78 is 25.3. The highest BCUT2D eigenvalue weighted by Crippen LogP contribution is 2.35. The van der Waals surface area contributed by atoms with Gasteiger partial charge in [-0.2, -0.15) is 0 Å². The van der Waals surface area contributed by atoms with Crippen molar-refractivity contribution in [1.29, 1.82) is 0 Å². The van der Waals surface area contributed by atoms with E-state index in [2.05, 4.69) is 6.92 Å². The van der Waals surface area contributed by atoms with Gasteiger partial charge >= 0.3 is 0 Å². The number of rotatable bonds is 1. The molecular formula is C16H16FNO2. The summed E-state index contributed by atoms with van der Waals surface area (Å²) in [4.78, 5) is 0. The first-order valence-corrected chi connectivity index (χ1v) is 6.58. The van der Waals surface area contributed by atoms with Crippen LogP contribution in [0.5, 0.6) is 11.5 Å². The molecule has 0 fully saturated rings. The second-order valence-electron chi connectivity index (χ2n) is 5.13. The summed E-state index contributed by atoms with van der Waals surface area (Å²) in [5.41, 5.74) is 7.23. The van der Waals surface area contributed by atoms with E-state index < -0.39 is 0 Å². The fourth-order valence-electron chi connectivity index (χ4n) is 2.19. The van der Waals surface area contributed by atoms with Crippen LogP contribution in [0.1, 0.15) is 6.92 Å². The van der Waals surface area contributed by atoms with Gasteiger partial charge in [-0.1, -0.05) is 13.0 Å². The molecule has 0 saturated carbocycles. The molecule has 1 aliphatic rings. The Hall–Kier alpha value is -2.23. The van der Waals surface area contributed by atoms with Crippen LogP contribution in [-0.2, 0) is 0 Å². The number of anilines is 1. The Bertz CT molecular complexity index is 642. The van der Waals surface area contributed by atoms with Crippen LogP contribution in [0.4, 0.5) is 10.1 Å². The molecule has 0 spiro atoms. The average molecular weight is 273 g/mol. The van der Waals surface area contributed by atoms with Crippen LogP contribution in [0.2, 0.25) is 0 Å². The average Bonchev–Trinajstić information content (AvgIpc) is 2.61. The van der Waals surface area contributed by atoms with Gasteiger partial charge in [0.05, 0.1) is 13.2 Å². The molecule has 3 nitrogen and oxygen atoms in total. The number of halogens is 1. The van der Waals surface area contributed by atoms with E-state index in [1.165, 1.54) is 6.07 Å². The minimum absolute atomic E-state index is 0.333. The Morgan fingerprint density at radius 2 is 1.80 bits per heavy atom. The standard InChI is InChI=1S/C16H16FNO2/c1-10-8-19-15-5-2-11(6-16(15)20-9-10)13-4-3-12(18)7-14(13)17/h2-7,10H,8-9,18H2,1H3. The molecule has 3 rings (SSSR count). The number of nitrogens with two attached hydrogens (primary N) is 1. The summed E-state index contributed by atoms with van der Waals surface area (Å²) in [6.45, 7) is 3.29. The molecule has 0 aromatic heterocycles. The van der Waals surface area contributed by atoms with Gasteiger partial charge in [-0.15, -0.1) is 0 Å². The predicted molar refractivity (Wildman–Crippen MR) is 76.4 cm³/mol. The van der Waals surface area contributed by atoms with Crippen molar-refractivity contribution in [3.63, 3.8) is 0 Å². The van der Waals surface area contributed by atoms with Crippen LogP contribution in [0, 0.1) is 11.7 Å². The van der Waals surface area contributed by atoms with Gasteiger partial charge in [0.25, 0.3) is 0 Å². The summed E-state index contributed by atoms with van der Waals surface area (Å²) in [6.07, 6.45) is 0. The molecule has 2 aromatic rings. The third-order valence-corrected chi connectivity index (χ3v) is 3.29. The van der Waals surface area contributed by atoms with Crippen LogP contribution in [0.3, 0.4) is 0 Å². The zero-order valence-electron chi connectivity index (χ0n) is 11.2. The van der Waals surface area contributed by atoms with Gasteiger partial charge < -0.3 is 15.2 Å². The summed E-state index contributed by atoms with van der Waals surface area (Å²) >= 11 is 0. The van der Waals surface area contributed by atoms with E-state index in [1.54, 1.807) is 12.1 Å². The predicted octanol–water partition coefficient (Wildman–Crippen LogP) is 3.48. The molecule has 4 heteroatoms. The molecule has 1 aliphatic heterocycles. The molecule has 0 saturated heterocycles. The fraction of sp³-hybridized carbons (Fsp3) is 0.250. The van der Waals surface area contributed by atoms with E-state index in [1.807, 2.05) is 18.2 Å². The number of ether oxygens (including phenoxy) is 2. The number of fused-ring (bicyclic) bond motifs is 1. The second-order valence-corrected chi connectivity index (χ2v) is 5.13. The Morgan fingerprint density at radius 3 is 2.55 bits per heavy atom. The quantitative estimate of drug-likeness (QED) is 0.809. The summed E-state index contributed by atoms with van der Waals surface area (Å²) in [6, 6.07) is 10.1. The lowest BCUT2D eigenvalue weighted by Crippen LogP contribution is -2.12. The van der Waals surface area contributed by atoms with Crippen LogP contribution in [0.15, 0.2) is 36.4 Å². The van der Waals surface area contributed by atoms with E-state index >= 15 is 0 Å². The third kappa shape index (κ3) is 2.41. The monoisotopic (exact) mass is 273 g/mol. The minimum Gasteiger partial charge on any atom is -0.489 e.